The van der Waals surface area contributed by atoms with E-state index in [2.05, 4.69) is 0 Å². The van der Waals surface area contributed by atoms with Gasteiger partial charge in [0.1, 0.15) is 0 Å². The van der Waals surface area contributed by atoms with Crippen LogP contribution in [0.2, 0.25) is 20.1 Å². The fraction of sp³-hybridized carbons (Fsp3) is 0.0455. The first-order chi connectivity index (χ1) is 15.1. The van der Waals surface area contributed by atoms with Gasteiger partial charge in [0.25, 0.3) is 10.0 Å². The third-order valence-electron chi connectivity index (χ3n) is 4.92. The topological polar surface area (TPSA) is 76.4 Å². The lowest BCUT2D eigenvalue weighted by atomic mass is 10.1. The van der Waals surface area contributed by atoms with Crippen LogP contribution in [0.5, 0.6) is 0 Å². The van der Waals surface area contributed by atoms with E-state index in [0.717, 1.165) is 3.97 Å². The van der Waals surface area contributed by atoms with Crippen molar-refractivity contribution in [2.24, 2.45) is 0 Å². The van der Waals surface area contributed by atoms with Crippen molar-refractivity contribution in [1.82, 2.24) is 3.97 Å². The smallest absolute Gasteiger partial charge is 0.337 e. The number of hydrogen-bond donors (Lipinski definition) is 1. The lowest BCUT2D eigenvalue weighted by Crippen LogP contribution is -2.16. The van der Waals surface area contributed by atoms with Crippen molar-refractivity contribution in [2.45, 2.75) is 11.3 Å². The molecule has 3 aromatic carbocycles. The molecule has 164 valence electrons. The lowest BCUT2D eigenvalue weighted by Gasteiger charge is -2.14. The summed E-state index contributed by atoms with van der Waals surface area (Å²) in [6, 6.07) is 15.2. The van der Waals surface area contributed by atoms with E-state index in [1.54, 1.807) is 24.3 Å². The maximum Gasteiger partial charge on any atom is 0.337 e. The molecule has 5 nitrogen and oxygen atoms in total. The lowest BCUT2D eigenvalue weighted by molar-refractivity contribution is 0.0697. The minimum Gasteiger partial charge on any atom is -0.478 e. The highest BCUT2D eigenvalue weighted by Gasteiger charge is 2.26. The molecule has 10 heteroatoms. The third-order valence-corrected chi connectivity index (χ3v) is 8.02. The number of nitrogens with zero attached hydrogens (tertiary/aromatic N) is 1. The van der Waals surface area contributed by atoms with Crippen molar-refractivity contribution in [2.75, 3.05) is 0 Å². The molecule has 4 aromatic rings. The van der Waals surface area contributed by atoms with E-state index in [0.29, 0.717) is 11.1 Å². The molecule has 1 heterocycles. The first-order valence-corrected chi connectivity index (χ1v) is 12.1. The molecule has 0 spiro atoms. The summed E-state index contributed by atoms with van der Waals surface area (Å²) in [6.45, 7) is 0. The fourth-order valence-corrected chi connectivity index (χ4v) is 6.14. The van der Waals surface area contributed by atoms with Crippen molar-refractivity contribution in [1.29, 1.82) is 0 Å². The largest absolute Gasteiger partial charge is 0.478 e. The van der Waals surface area contributed by atoms with E-state index >= 15 is 0 Å². The molecule has 0 aliphatic rings. The van der Waals surface area contributed by atoms with Gasteiger partial charge in [0.05, 0.1) is 26.0 Å². The van der Waals surface area contributed by atoms with E-state index in [-0.39, 0.29) is 48.1 Å². The highest BCUT2D eigenvalue weighted by Crippen LogP contribution is 2.36. The Balaban J connectivity index is 2.02. The number of carboxylic acids is 1. The second kappa shape index (κ2) is 8.61. The van der Waals surface area contributed by atoms with E-state index in [9.17, 15) is 18.3 Å². The van der Waals surface area contributed by atoms with Gasteiger partial charge in [-0.15, -0.1) is 0 Å². The maximum absolute atomic E-state index is 13.6. The van der Waals surface area contributed by atoms with Gasteiger partial charge in [0.2, 0.25) is 0 Å². The van der Waals surface area contributed by atoms with E-state index < -0.39 is 16.0 Å². The van der Waals surface area contributed by atoms with Gasteiger partial charge in [-0.05, 0) is 48.0 Å². The Hall–Kier alpha value is -2.22. The molecule has 1 aromatic heterocycles. The van der Waals surface area contributed by atoms with Gasteiger partial charge in [-0.1, -0.05) is 64.6 Å². The zero-order chi connectivity index (χ0) is 23.2. The third kappa shape index (κ3) is 3.98. The molecule has 0 radical (unpaired) electrons. The number of rotatable bonds is 5. The highest BCUT2D eigenvalue weighted by molar-refractivity contribution is 7.90. The number of aromatic nitrogens is 1. The molecular weight excluding hydrogens is 516 g/mol. The fourth-order valence-electron chi connectivity index (χ4n) is 3.47. The molecule has 0 atom stereocenters. The minimum atomic E-state index is -4.06. The second-order valence-corrected chi connectivity index (χ2v) is 10.3. The molecule has 0 aliphatic carbocycles. The minimum absolute atomic E-state index is 0.0614. The van der Waals surface area contributed by atoms with Crippen LogP contribution in [0.15, 0.2) is 65.6 Å². The molecule has 32 heavy (non-hydrogen) atoms. The summed E-state index contributed by atoms with van der Waals surface area (Å²) in [7, 11) is -4.06. The highest BCUT2D eigenvalue weighted by atomic mass is 35.5. The quantitative estimate of drug-likeness (QED) is 0.309. The molecule has 1 N–H and O–H groups in total. The van der Waals surface area contributed by atoms with Gasteiger partial charge in [-0.2, -0.15) is 0 Å². The maximum atomic E-state index is 13.6. The van der Waals surface area contributed by atoms with Crippen LogP contribution in [-0.2, 0) is 16.4 Å². The van der Waals surface area contributed by atoms with Crippen molar-refractivity contribution >= 4 is 73.3 Å². The summed E-state index contributed by atoms with van der Waals surface area (Å²) in [6.07, 6.45) is -0.0620. The standard InChI is InChI=1S/C22H13Cl4NO4S/c23-12-8-19(25)16-10-13(11-17-18(24)7-6-15(21(17)26)22(28)29)27(20(16)9-12)32(30,31)14-4-2-1-3-5-14/h1-10H,11H2,(H,28,29). The predicted molar refractivity (Wildman–Crippen MR) is 127 cm³/mol. The van der Waals surface area contributed by atoms with Crippen LogP contribution < -0.4 is 0 Å². The van der Waals surface area contributed by atoms with Gasteiger partial charge in [0.15, 0.2) is 0 Å². The number of hydrogen-bond acceptors (Lipinski definition) is 3. The monoisotopic (exact) mass is 527 g/mol. The molecule has 0 aliphatic heterocycles. The second-order valence-electron chi connectivity index (χ2n) is 6.91. The summed E-state index contributed by atoms with van der Waals surface area (Å²) < 4.78 is 28.3. The van der Waals surface area contributed by atoms with Crippen LogP contribution in [0.4, 0.5) is 0 Å². The Labute approximate surface area is 203 Å². The predicted octanol–water partition coefficient (Wildman–Crippen LogP) is 6.78. The SMILES string of the molecule is O=C(O)c1ccc(Cl)c(Cc2cc3c(Cl)cc(Cl)cc3n2S(=O)(=O)c2ccccc2)c1Cl. The van der Waals surface area contributed by atoms with Crippen LogP contribution in [0.25, 0.3) is 10.9 Å². The molecule has 0 saturated heterocycles. The molecule has 0 amide bonds. The Bertz CT molecular complexity index is 1480. The normalized spacial score (nSPS) is 11.8. The van der Waals surface area contributed by atoms with Gasteiger partial charge < -0.3 is 5.11 Å². The van der Waals surface area contributed by atoms with Crippen molar-refractivity contribution in [3.05, 3.63) is 97.6 Å². The van der Waals surface area contributed by atoms with E-state index in [1.165, 1.54) is 36.4 Å². The molecule has 0 saturated carbocycles. The molecule has 4 rings (SSSR count). The first-order valence-electron chi connectivity index (χ1n) is 9.11. The molecule has 0 fully saturated rings. The summed E-state index contributed by atoms with van der Waals surface area (Å²) in [5.74, 6) is -1.22. The van der Waals surface area contributed by atoms with Gasteiger partial charge in [-0.3, -0.25) is 0 Å². The average Bonchev–Trinajstić information content (AvgIpc) is 3.10. The van der Waals surface area contributed by atoms with Gasteiger partial charge >= 0.3 is 5.97 Å². The van der Waals surface area contributed by atoms with Crippen molar-refractivity contribution in [3.63, 3.8) is 0 Å². The van der Waals surface area contributed by atoms with Crippen LogP contribution in [0, 0.1) is 0 Å². The summed E-state index contributed by atoms with van der Waals surface area (Å²) in [4.78, 5) is 11.6. The first kappa shape index (κ1) is 23.0. The summed E-state index contributed by atoms with van der Waals surface area (Å²) in [5.41, 5.74) is 0.714. The number of carboxylic acid groups (broad SMARTS) is 1. The number of halogens is 4. The Morgan fingerprint density at radius 1 is 0.906 bits per heavy atom. The zero-order valence-corrected chi connectivity index (χ0v) is 19.9. The van der Waals surface area contributed by atoms with Crippen LogP contribution in [0.3, 0.4) is 0 Å². The number of fused-ring (bicyclic) bond motifs is 1. The molecule has 0 bridgehead atoms. The van der Waals surface area contributed by atoms with Gasteiger partial charge in [0, 0.05) is 27.5 Å². The van der Waals surface area contributed by atoms with Crippen LogP contribution in [-0.4, -0.2) is 23.5 Å². The van der Waals surface area contributed by atoms with E-state index in [4.69, 9.17) is 46.4 Å². The molecule has 0 unspecified atom stereocenters. The zero-order valence-electron chi connectivity index (χ0n) is 16.0. The average molecular weight is 529 g/mol. The van der Waals surface area contributed by atoms with Gasteiger partial charge in [-0.25, -0.2) is 17.2 Å². The Morgan fingerprint density at radius 3 is 2.25 bits per heavy atom. The molecular formula is C22H13Cl4NO4S. The number of carbonyl (C=O) groups is 1. The van der Waals surface area contributed by atoms with Crippen LogP contribution in [0.1, 0.15) is 21.6 Å². The Morgan fingerprint density at radius 2 is 1.59 bits per heavy atom. The number of aromatic carboxylic acids is 1. The van der Waals surface area contributed by atoms with Crippen LogP contribution >= 0.6 is 46.4 Å². The number of benzene rings is 3. The summed E-state index contributed by atoms with van der Waals surface area (Å²) in [5, 5.41) is 10.5. The Kier molecular flexibility index (Phi) is 6.18. The van der Waals surface area contributed by atoms with Crippen molar-refractivity contribution < 1.29 is 18.3 Å². The van der Waals surface area contributed by atoms with E-state index in [1.807, 2.05) is 0 Å². The van der Waals surface area contributed by atoms with Crippen molar-refractivity contribution in [3.8, 4) is 0 Å². The summed E-state index contributed by atoms with van der Waals surface area (Å²) >= 11 is 25.2.